The van der Waals surface area contributed by atoms with Gasteiger partial charge in [0.1, 0.15) is 0 Å². The number of carbonyl (C=O) groups excluding carboxylic acids is 1. The van der Waals surface area contributed by atoms with Gasteiger partial charge in [-0.1, -0.05) is 29.6 Å². The minimum absolute atomic E-state index is 0.0680. The summed E-state index contributed by atoms with van der Waals surface area (Å²) in [5.74, 6) is 1.20. The quantitative estimate of drug-likeness (QED) is 0.625. The van der Waals surface area contributed by atoms with E-state index in [4.69, 9.17) is 33.0 Å². The van der Waals surface area contributed by atoms with Crippen LogP contribution in [0.4, 0.5) is 0 Å². The maximum atomic E-state index is 13.5. The van der Waals surface area contributed by atoms with Gasteiger partial charge in [0.05, 0.1) is 10.7 Å². The van der Waals surface area contributed by atoms with Crippen molar-refractivity contribution in [3.05, 3.63) is 45.2 Å². The number of fused-ring (bicyclic) bond motifs is 1. The van der Waals surface area contributed by atoms with E-state index in [9.17, 15) is 4.79 Å². The van der Waals surface area contributed by atoms with Crippen LogP contribution < -0.4 is 0 Å². The Bertz CT molecular complexity index is 952. The second kappa shape index (κ2) is 8.52. The van der Waals surface area contributed by atoms with Crippen LogP contribution in [0.5, 0.6) is 0 Å². The summed E-state index contributed by atoms with van der Waals surface area (Å²) in [6, 6.07) is 5.45. The molecule has 160 valence electrons. The summed E-state index contributed by atoms with van der Waals surface area (Å²) in [5.41, 5.74) is 3.64. The summed E-state index contributed by atoms with van der Waals surface area (Å²) in [6.07, 6.45) is 7.36. The summed E-state index contributed by atoms with van der Waals surface area (Å²) < 4.78 is 7.46. The van der Waals surface area contributed by atoms with Crippen LogP contribution in [-0.2, 0) is 17.6 Å². The van der Waals surface area contributed by atoms with Crippen molar-refractivity contribution in [1.82, 2.24) is 14.7 Å². The second-order valence-corrected chi connectivity index (χ2v) is 9.61. The number of benzene rings is 1. The standard InChI is InChI=1S/C23H27Cl2N3O2/c24-17-6-7-21(19(25)12-17)28-20-5-3-1-2-4-18(20)22(26-28)23(29)27-10-8-15(13-27)16-9-11-30-14-16/h6-7,12,15-16H,1-5,8-11,13-14H2. The van der Waals surface area contributed by atoms with Crippen LogP contribution in [0, 0.1) is 11.8 Å². The Labute approximate surface area is 187 Å². The Balaban J connectivity index is 1.47. The molecule has 0 N–H and O–H groups in total. The molecule has 2 aliphatic heterocycles. The smallest absolute Gasteiger partial charge is 0.274 e. The monoisotopic (exact) mass is 447 g/mol. The highest BCUT2D eigenvalue weighted by molar-refractivity contribution is 6.35. The molecular formula is C23H27Cl2N3O2. The fraction of sp³-hybridized carbons (Fsp3) is 0.565. The van der Waals surface area contributed by atoms with Gasteiger partial charge >= 0.3 is 0 Å². The average Bonchev–Trinajstić information content (AvgIpc) is 3.45. The van der Waals surface area contributed by atoms with Gasteiger partial charge in [-0.3, -0.25) is 4.79 Å². The van der Waals surface area contributed by atoms with E-state index in [0.717, 1.165) is 81.8 Å². The number of nitrogens with zero attached hydrogens (tertiary/aromatic N) is 3. The normalized spacial score (nSPS) is 24.1. The molecule has 1 aromatic heterocycles. The minimum Gasteiger partial charge on any atom is -0.381 e. The molecule has 5 rings (SSSR count). The number of halogens is 2. The van der Waals surface area contributed by atoms with Gasteiger partial charge in [-0.25, -0.2) is 4.68 Å². The molecule has 0 radical (unpaired) electrons. The number of rotatable bonds is 3. The van der Waals surface area contributed by atoms with Crippen LogP contribution in [0.3, 0.4) is 0 Å². The maximum Gasteiger partial charge on any atom is 0.274 e. The Morgan fingerprint density at radius 3 is 2.77 bits per heavy atom. The molecule has 2 unspecified atom stereocenters. The van der Waals surface area contributed by atoms with Crippen LogP contribution >= 0.6 is 23.2 Å². The number of amides is 1. The van der Waals surface area contributed by atoms with E-state index in [1.165, 1.54) is 6.42 Å². The van der Waals surface area contributed by atoms with Crippen molar-refractivity contribution in [3.8, 4) is 5.69 Å². The molecular weight excluding hydrogens is 421 g/mol. The van der Waals surface area contributed by atoms with Gasteiger partial charge < -0.3 is 9.64 Å². The van der Waals surface area contributed by atoms with Gasteiger partial charge in [0.2, 0.25) is 0 Å². The SMILES string of the molecule is O=C(c1nn(-c2ccc(Cl)cc2Cl)c2c1CCCCC2)N1CCC(C2CCOC2)C1. The minimum atomic E-state index is 0.0680. The molecule has 5 nitrogen and oxygen atoms in total. The average molecular weight is 448 g/mol. The van der Waals surface area contributed by atoms with Crippen molar-refractivity contribution in [3.63, 3.8) is 0 Å². The first-order valence-corrected chi connectivity index (χ1v) is 11.8. The lowest BCUT2D eigenvalue weighted by Crippen LogP contribution is -2.31. The third-order valence-electron chi connectivity index (χ3n) is 6.91. The van der Waals surface area contributed by atoms with E-state index in [1.807, 2.05) is 21.7 Å². The summed E-state index contributed by atoms with van der Waals surface area (Å²) in [6.45, 7) is 3.32. The van der Waals surface area contributed by atoms with Crippen LogP contribution in [0.1, 0.15) is 53.8 Å². The predicted molar refractivity (Wildman–Crippen MR) is 118 cm³/mol. The Morgan fingerprint density at radius 2 is 1.97 bits per heavy atom. The van der Waals surface area contributed by atoms with Gasteiger partial charge in [0.25, 0.3) is 5.91 Å². The topological polar surface area (TPSA) is 47.4 Å². The molecule has 0 spiro atoms. The first-order valence-electron chi connectivity index (χ1n) is 11.0. The molecule has 0 bridgehead atoms. The highest BCUT2D eigenvalue weighted by Crippen LogP contribution is 2.34. The number of carbonyl (C=O) groups is 1. The van der Waals surface area contributed by atoms with Crippen LogP contribution in [0.15, 0.2) is 18.2 Å². The number of aromatic nitrogens is 2. The molecule has 1 amide bonds. The molecule has 30 heavy (non-hydrogen) atoms. The Kier molecular flexibility index (Phi) is 5.78. The van der Waals surface area contributed by atoms with E-state index in [-0.39, 0.29) is 5.91 Å². The molecule has 7 heteroatoms. The second-order valence-electron chi connectivity index (χ2n) is 8.77. The summed E-state index contributed by atoms with van der Waals surface area (Å²) in [7, 11) is 0. The van der Waals surface area contributed by atoms with Gasteiger partial charge in [0, 0.05) is 42.6 Å². The molecule has 3 aliphatic rings. The van der Waals surface area contributed by atoms with E-state index in [0.29, 0.717) is 27.6 Å². The number of ether oxygens (including phenoxy) is 1. The molecule has 3 heterocycles. The summed E-state index contributed by atoms with van der Waals surface area (Å²) in [4.78, 5) is 15.5. The first-order chi connectivity index (χ1) is 14.6. The Hall–Kier alpha value is -1.56. The third-order valence-corrected chi connectivity index (χ3v) is 7.45. The molecule has 1 aliphatic carbocycles. The number of hydrogen-bond acceptors (Lipinski definition) is 3. The Morgan fingerprint density at radius 1 is 1.10 bits per heavy atom. The lowest BCUT2D eigenvalue weighted by molar-refractivity contribution is 0.0773. The molecule has 1 aromatic carbocycles. The van der Waals surface area contributed by atoms with Gasteiger partial charge in [-0.15, -0.1) is 0 Å². The fourth-order valence-electron chi connectivity index (χ4n) is 5.23. The van der Waals surface area contributed by atoms with Gasteiger partial charge in [0.15, 0.2) is 5.69 Å². The van der Waals surface area contributed by atoms with Crippen molar-refractivity contribution in [1.29, 1.82) is 0 Å². The van der Waals surface area contributed by atoms with E-state index >= 15 is 0 Å². The van der Waals surface area contributed by atoms with Crippen molar-refractivity contribution in [2.45, 2.75) is 44.9 Å². The number of hydrogen-bond donors (Lipinski definition) is 0. The largest absolute Gasteiger partial charge is 0.381 e. The molecule has 2 aromatic rings. The lowest BCUT2D eigenvalue weighted by atomic mass is 9.91. The van der Waals surface area contributed by atoms with E-state index < -0.39 is 0 Å². The van der Waals surface area contributed by atoms with Gasteiger partial charge in [-0.05, 0) is 68.6 Å². The summed E-state index contributed by atoms with van der Waals surface area (Å²) >= 11 is 12.6. The summed E-state index contributed by atoms with van der Waals surface area (Å²) in [5, 5.41) is 5.98. The van der Waals surface area contributed by atoms with Crippen LogP contribution in [0.25, 0.3) is 5.69 Å². The van der Waals surface area contributed by atoms with Crippen molar-refractivity contribution < 1.29 is 9.53 Å². The molecule has 2 fully saturated rings. The first kappa shape index (κ1) is 20.3. The molecule has 2 saturated heterocycles. The third kappa shape index (κ3) is 3.76. The van der Waals surface area contributed by atoms with Crippen molar-refractivity contribution in [2.24, 2.45) is 11.8 Å². The molecule has 0 saturated carbocycles. The van der Waals surface area contributed by atoms with Gasteiger partial charge in [-0.2, -0.15) is 5.10 Å². The van der Waals surface area contributed by atoms with E-state index in [2.05, 4.69) is 0 Å². The van der Waals surface area contributed by atoms with Crippen LogP contribution in [0.2, 0.25) is 10.0 Å². The van der Waals surface area contributed by atoms with Crippen molar-refractivity contribution in [2.75, 3.05) is 26.3 Å². The highest BCUT2D eigenvalue weighted by atomic mass is 35.5. The highest BCUT2D eigenvalue weighted by Gasteiger charge is 2.36. The predicted octanol–water partition coefficient (Wildman–Crippen LogP) is 4.95. The fourth-order valence-corrected chi connectivity index (χ4v) is 5.72. The van der Waals surface area contributed by atoms with Crippen LogP contribution in [-0.4, -0.2) is 46.9 Å². The van der Waals surface area contributed by atoms with Crippen molar-refractivity contribution >= 4 is 29.1 Å². The number of likely N-dealkylation sites (tertiary alicyclic amines) is 1. The molecule has 2 atom stereocenters. The zero-order valence-electron chi connectivity index (χ0n) is 17.1. The lowest BCUT2D eigenvalue weighted by Gasteiger charge is -2.18. The van der Waals surface area contributed by atoms with E-state index in [1.54, 1.807) is 6.07 Å². The zero-order chi connectivity index (χ0) is 20.7. The maximum absolute atomic E-state index is 13.5. The zero-order valence-corrected chi connectivity index (χ0v) is 18.6.